The molecule has 2 aromatic rings. The minimum Gasteiger partial charge on any atom is -0.346 e. The second-order valence-electron chi connectivity index (χ2n) is 3.91. The van der Waals surface area contributed by atoms with E-state index in [-0.39, 0.29) is 29.9 Å². The zero-order valence-electron chi connectivity index (χ0n) is 10.8. The maximum atomic E-state index is 12.7. The Morgan fingerprint density at radius 3 is 2.67 bits per heavy atom. The molecule has 0 spiro atoms. The molecule has 0 saturated heterocycles. The average molecular weight is 309 g/mol. The molecule has 0 unspecified atom stereocenters. The lowest BCUT2D eigenvalue weighted by Crippen LogP contribution is -2.33. The van der Waals surface area contributed by atoms with Crippen molar-refractivity contribution >= 4 is 29.3 Å². The van der Waals surface area contributed by atoms with E-state index in [0.29, 0.717) is 10.8 Å². The van der Waals surface area contributed by atoms with Crippen molar-refractivity contribution in [2.75, 3.05) is 17.6 Å². The smallest absolute Gasteiger partial charge is 0.243 e. The van der Waals surface area contributed by atoms with E-state index in [0.717, 1.165) is 0 Å². The zero-order chi connectivity index (χ0) is 15.1. The van der Waals surface area contributed by atoms with Crippen molar-refractivity contribution in [2.24, 2.45) is 0 Å². The van der Waals surface area contributed by atoms with Crippen LogP contribution in [0.15, 0.2) is 35.7 Å². The summed E-state index contributed by atoms with van der Waals surface area (Å²) in [7, 11) is 0. The SMILES string of the molecule is O=C(CSc1ncn[nH]1)NCC(=O)Nc1ccc(F)cc1. The van der Waals surface area contributed by atoms with Gasteiger partial charge in [0.2, 0.25) is 11.8 Å². The number of anilines is 1. The van der Waals surface area contributed by atoms with Crippen LogP contribution < -0.4 is 10.6 Å². The van der Waals surface area contributed by atoms with E-state index in [1.54, 1.807) is 0 Å². The molecule has 3 N–H and O–H groups in total. The number of hydrogen-bond donors (Lipinski definition) is 3. The van der Waals surface area contributed by atoms with Gasteiger partial charge in [-0.15, -0.1) is 0 Å². The van der Waals surface area contributed by atoms with Gasteiger partial charge in [0.1, 0.15) is 12.1 Å². The first kappa shape index (κ1) is 15.0. The molecule has 0 saturated carbocycles. The summed E-state index contributed by atoms with van der Waals surface area (Å²) in [6.07, 6.45) is 1.34. The Bertz CT molecular complexity index is 603. The van der Waals surface area contributed by atoms with E-state index in [1.807, 2.05) is 0 Å². The zero-order valence-corrected chi connectivity index (χ0v) is 11.6. The predicted molar refractivity (Wildman–Crippen MR) is 75.1 cm³/mol. The molecule has 0 atom stereocenters. The number of H-pyrrole nitrogens is 1. The lowest BCUT2D eigenvalue weighted by Gasteiger charge is -2.06. The number of carbonyl (C=O) groups excluding carboxylic acids is 2. The molecule has 0 aliphatic heterocycles. The Kier molecular flexibility index (Phi) is 5.27. The normalized spacial score (nSPS) is 10.1. The van der Waals surface area contributed by atoms with Crippen LogP contribution in [0.2, 0.25) is 0 Å². The molecule has 0 bridgehead atoms. The number of nitrogens with zero attached hydrogens (tertiary/aromatic N) is 2. The van der Waals surface area contributed by atoms with Gasteiger partial charge in [0.15, 0.2) is 5.16 Å². The van der Waals surface area contributed by atoms with Crippen LogP contribution in [0.4, 0.5) is 10.1 Å². The summed E-state index contributed by atoms with van der Waals surface area (Å²) in [6, 6.07) is 5.36. The third kappa shape index (κ3) is 5.22. The third-order valence-corrected chi connectivity index (χ3v) is 3.18. The molecule has 7 nitrogen and oxygen atoms in total. The number of benzene rings is 1. The molecule has 2 amide bonds. The fourth-order valence-corrected chi connectivity index (χ4v) is 1.97. The number of thioether (sulfide) groups is 1. The number of halogens is 1. The number of hydrogen-bond acceptors (Lipinski definition) is 5. The van der Waals surface area contributed by atoms with Gasteiger partial charge < -0.3 is 10.6 Å². The van der Waals surface area contributed by atoms with Crippen molar-refractivity contribution in [3.8, 4) is 0 Å². The molecule has 1 heterocycles. The number of nitrogens with one attached hydrogen (secondary N) is 3. The van der Waals surface area contributed by atoms with Crippen molar-refractivity contribution in [3.05, 3.63) is 36.4 Å². The van der Waals surface area contributed by atoms with Crippen LogP contribution in [0.3, 0.4) is 0 Å². The van der Waals surface area contributed by atoms with Gasteiger partial charge in [0, 0.05) is 5.69 Å². The molecule has 2 rings (SSSR count). The van der Waals surface area contributed by atoms with Crippen LogP contribution in [0.5, 0.6) is 0 Å². The summed E-state index contributed by atoms with van der Waals surface area (Å²) in [5.41, 5.74) is 0.465. The van der Waals surface area contributed by atoms with E-state index in [9.17, 15) is 14.0 Å². The topological polar surface area (TPSA) is 99.8 Å². The molecule has 0 radical (unpaired) electrons. The number of carbonyl (C=O) groups is 2. The molecule has 110 valence electrons. The minimum atomic E-state index is -0.389. The van der Waals surface area contributed by atoms with Crippen LogP contribution in [0.25, 0.3) is 0 Å². The summed E-state index contributed by atoms with van der Waals surface area (Å²) in [5, 5.41) is 11.8. The van der Waals surface area contributed by atoms with Gasteiger partial charge in [-0.3, -0.25) is 14.7 Å². The fraction of sp³-hybridized carbons (Fsp3) is 0.167. The molecule has 0 fully saturated rings. The second kappa shape index (κ2) is 7.39. The van der Waals surface area contributed by atoms with Crippen LogP contribution in [0, 0.1) is 5.82 Å². The molecule has 0 aliphatic carbocycles. The Balaban J connectivity index is 1.68. The first-order valence-corrected chi connectivity index (χ1v) is 6.92. The molecular formula is C12H12FN5O2S. The second-order valence-corrected chi connectivity index (χ2v) is 4.88. The first-order chi connectivity index (χ1) is 10.1. The van der Waals surface area contributed by atoms with Crippen molar-refractivity contribution in [3.63, 3.8) is 0 Å². The summed E-state index contributed by atoms with van der Waals surface area (Å²) in [5.74, 6) is -0.949. The van der Waals surface area contributed by atoms with Crippen LogP contribution in [-0.4, -0.2) is 39.3 Å². The largest absolute Gasteiger partial charge is 0.346 e. The highest BCUT2D eigenvalue weighted by Crippen LogP contribution is 2.09. The van der Waals surface area contributed by atoms with E-state index in [4.69, 9.17) is 0 Å². The van der Waals surface area contributed by atoms with Crippen molar-refractivity contribution in [1.82, 2.24) is 20.5 Å². The third-order valence-electron chi connectivity index (χ3n) is 2.31. The van der Waals surface area contributed by atoms with Gasteiger partial charge in [-0.1, -0.05) is 11.8 Å². The maximum absolute atomic E-state index is 12.7. The fourth-order valence-electron chi connectivity index (χ4n) is 1.37. The highest BCUT2D eigenvalue weighted by Gasteiger charge is 2.07. The van der Waals surface area contributed by atoms with Crippen LogP contribution >= 0.6 is 11.8 Å². The minimum absolute atomic E-state index is 0.124. The van der Waals surface area contributed by atoms with Crippen LogP contribution in [0.1, 0.15) is 0 Å². The lowest BCUT2D eigenvalue weighted by molar-refractivity contribution is -0.122. The molecule has 1 aromatic heterocycles. The summed E-state index contributed by atoms with van der Waals surface area (Å²) in [4.78, 5) is 26.9. The van der Waals surface area contributed by atoms with Crippen molar-refractivity contribution in [1.29, 1.82) is 0 Å². The van der Waals surface area contributed by atoms with Gasteiger partial charge in [-0.05, 0) is 24.3 Å². The lowest BCUT2D eigenvalue weighted by atomic mass is 10.3. The Labute approximate surface area is 123 Å². The number of aromatic amines is 1. The molecule has 9 heteroatoms. The average Bonchev–Trinajstić information content (AvgIpc) is 2.99. The molecular weight excluding hydrogens is 297 g/mol. The van der Waals surface area contributed by atoms with Crippen molar-refractivity contribution in [2.45, 2.75) is 5.16 Å². The number of rotatable bonds is 6. The van der Waals surface area contributed by atoms with E-state index in [2.05, 4.69) is 25.8 Å². The Morgan fingerprint density at radius 2 is 2.00 bits per heavy atom. The summed E-state index contributed by atoms with van der Waals surface area (Å²) in [6.45, 7) is -0.160. The first-order valence-electron chi connectivity index (χ1n) is 5.94. The predicted octanol–water partition coefficient (Wildman–Crippen LogP) is 0.791. The highest BCUT2D eigenvalue weighted by molar-refractivity contribution is 7.99. The van der Waals surface area contributed by atoms with Gasteiger partial charge in [0.25, 0.3) is 0 Å². The molecule has 21 heavy (non-hydrogen) atoms. The quantitative estimate of drug-likeness (QED) is 0.685. The monoisotopic (exact) mass is 309 g/mol. The Hall–Kier alpha value is -2.42. The summed E-state index contributed by atoms with van der Waals surface area (Å²) >= 11 is 1.18. The van der Waals surface area contributed by atoms with E-state index in [1.165, 1.54) is 42.4 Å². The molecule has 1 aromatic carbocycles. The number of amides is 2. The maximum Gasteiger partial charge on any atom is 0.243 e. The Morgan fingerprint density at radius 1 is 1.24 bits per heavy atom. The van der Waals surface area contributed by atoms with Gasteiger partial charge >= 0.3 is 0 Å². The van der Waals surface area contributed by atoms with Gasteiger partial charge in [-0.25, -0.2) is 9.37 Å². The van der Waals surface area contributed by atoms with E-state index < -0.39 is 0 Å². The van der Waals surface area contributed by atoms with Gasteiger partial charge in [0.05, 0.1) is 12.3 Å². The van der Waals surface area contributed by atoms with Crippen LogP contribution in [-0.2, 0) is 9.59 Å². The summed E-state index contributed by atoms with van der Waals surface area (Å²) < 4.78 is 12.7. The van der Waals surface area contributed by atoms with E-state index >= 15 is 0 Å². The highest BCUT2D eigenvalue weighted by atomic mass is 32.2. The standard InChI is InChI=1S/C12H12FN5O2S/c13-8-1-3-9(4-2-8)17-10(19)5-14-11(20)6-21-12-15-7-16-18-12/h1-4,7H,5-6H2,(H,14,20)(H,17,19)(H,15,16,18). The number of aromatic nitrogens is 3. The molecule has 0 aliphatic rings. The van der Waals surface area contributed by atoms with Crippen molar-refractivity contribution < 1.29 is 14.0 Å². The van der Waals surface area contributed by atoms with Gasteiger partial charge in [-0.2, -0.15) is 5.10 Å².